The van der Waals surface area contributed by atoms with E-state index < -0.39 is 20.4 Å². The van der Waals surface area contributed by atoms with Crippen molar-refractivity contribution < 1.29 is 22.1 Å². The van der Waals surface area contributed by atoms with Gasteiger partial charge in [-0.1, -0.05) is 24.4 Å². The number of nitrogens with zero attached hydrogens (tertiary/aromatic N) is 2. The molecule has 1 saturated heterocycles. The second-order valence-electron chi connectivity index (χ2n) is 8.45. The Morgan fingerprint density at radius 1 is 1.13 bits per heavy atom. The number of carbonyl (C=O) groups excluding carboxylic acids is 1. The highest BCUT2D eigenvalue weighted by molar-refractivity contribution is 7.93. The molecular formula is C22H27FN2O4S. The fraction of sp³-hybridized carbons (Fsp3) is 0.545. The number of likely N-dealkylation sites (tertiary alicyclic amines) is 1. The zero-order valence-corrected chi connectivity index (χ0v) is 18.0. The number of amides is 1. The third-order valence-corrected chi connectivity index (χ3v) is 9.02. The minimum absolute atomic E-state index is 0.0196. The van der Waals surface area contributed by atoms with E-state index in [1.807, 2.05) is 13.0 Å². The van der Waals surface area contributed by atoms with Gasteiger partial charge in [0.05, 0.1) is 10.6 Å². The summed E-state index contributed by atoms with van der Waals surface area (Å²) < 4.78 is 44.5. The molecule has 0 atom stereocenters. The molecule has 0 N–H and O–H groups in total. The van der Waals surface area contributed by atoms with E-state index >= 15 is 0 Å². The van der Waals surface area contributed by atoms with Crippen molar-refractivity contribution in [1.82, 2.24) is 10.1 Å². The van der Waals surface area contributed by atoms with Crippen LogP contribution in [-0.4, -0.2) is 42.2 Å². The zero-order valence-electron chi connectivity index (χ0n) is 17.1. The van der Waals surface area contributed by atoms with Gasteiger partial charge >= 0.3 is 0 Å². The Bertz CT molecular complexity index is 1000. The van der Waals surface area contributed by atoms with Crippen LogP contribution in [0.5, 0.6) is 0 Å². The number of carbonyl (C=O) groups is 1. The molecule has 2 fully saturated rings. The van der Waals surface area contributed by atoms with Crippen LogP contribution in [0.1, 0.15) is 62.3 Å². The van der Waals surface area contributed by atoms with Crippen molar-refractivity contribution in [3.63, 3.8) is 0 Å². The SMILES string of the molecule is Cc1cc(C2CCN(C(=O)C3(S(=O)(=O)c4ccc(F)cc4)CCCCC3)CC2)on1. The summed E-state index contributed by atoms with van der Waals surface area (Å²) in [4.78, 5) is 15.4. The van der Waals surface area contributed by atoms with Crippen molar-refractivity contribution in [3.05, 3.63) is 47.6 Å². The van der Waals surface area contributed by atoms with Crippen LogP contribution in [-0.2, 0) is 14.6 Å². The van der Waals surface area contributed by atoms with Crippen molar-refractivity contribution in [2.24, 2.45) is 0 Å². The number of sulfone groups is 1. The van der Waals surface area contributed by atoms with Gasteiger partial charge in [-0.15, -0.1) is 0 Å². The normalized spacial score (nSPS) is 20.3. The van der Waals surface area contributed by atoms with Crippen LogP contribution in [0.4, 0.5) is 4.39 Å². The monoisotopic (exact) mass is 434 g/mol. The Morgan fingerprint density at radius 3 is 2.33 bits per heavy atom. The third-order valence-electron chi connectivity index (χ3n) is 6.52. The Kier molecular flexibility index (Phi) is 5.70. The molecule has 0 unspecified atom stereocenters. The molecule has 4 rings (SSSR count). The largest absolute Gasteiger partial charge is 0.361 e. The summed E-state index contributed by atoms with van der Waals surface area (Å²) in [6.07, 6.45) is 4.36. The highest BCUT2D eigenvalue weighted by Crippen LogP contribution is 2.41. The second-order valence-corrected chi connectivity index (χ2v) is 10.7. The number of benzene rings is 1. The molecule has 8 heteroatoms. The maximum absolute atomic E-state index is 13.6. The van der Waals surface area contributed by atoms with Crippen LogP contribution in [0.2, 0.25) is 0 Å². The Hall–Kier alpha value is -2.22. The van der Waals surface area contributed by atoms with Gasteiger partial charge < -0.3 is 9.42 Å². The van der Waals surface area contributed by atoms with Gasteiger partial charge in [0.15, 0.2) is 14.6 Å². The first-order valence-corrected chi connectivity index (χ1v) is 12.0. The first kappa shape index (κ1) is 21.0. The van der Waals surface area contributed by atoms with Gasteiger partial charge in [-0.2, -0.15) is 0 Å². The van der Waals surface area contributed by atoms with Gasteiger partial charge in [0.25, 0.3) is 0 Å². The molecule has 1 aliphatic heterocycles. The molecule has 1 saturated carbocycles. The lowest BCUT2D eigenvalue weighted by molar-refractivity contribution is -0.136. The number of halogens is 1. The number of aromatic nitrogens is 1. The lowest BCUT2D eigenvalue weighted by atomic mass is 9.86. The highest BCUT2D eigenvalue weighted by atomic mass is 32.2. The van der Waals surface area contributed by atoms with Crippen molar-refractivity contribution in [3.8, 4) is 0 Å². The molecule has 1 amide bonds. The van der Waals surface area contributed by atoms with Crippen LogP contribution in [0.15, 0.2) is 39.8 Å². The van der Waals surface area contributed by atoms with Crippen LogP contribution in [0, 0.1) is 12.7 Å². The van der Waals surface area contributed by atoms with E-state index in [0.29, 0.717) is 51.6 Å². The smallest absolute Gasteiger partial charge is 0.244 e. The van der Waals surface area contributed by atoms with E-state index in [0.717, 1.165) is 30.0 Å². The molecule has 1 aliphatic carbocycles. The number of piperidine rings is 1. The fourth-order valence-corrected chi connectivity index (χ4v) is 6.92. The molecular weight excluding hydrogens is 407 g/mol. The second kappa shape index (κ2) is 8.13. The lowest BCUT2D eigenvalue weighted by Crippen LogP contribution is -2.56. The van der Waals surface area contributed by atoms with E-state index in [4.69, 9.17) is 4.52 Å². The molecule has 0 radical (unpaired) electrons. The van der Waals surface area contributed by atoms with Crippen molar-refractivity contribution in [2.45, 2.75) is 67.4 Å². The van der Waals surface area contributed by atoms with Crippen LogP contribution in [0.3, 0.4) is 0 Å². The van der Waals surface area contributed by atoms with E-state index in [9.17, 15) is 17.6 Å². The molecule has 162 valence electrons. The minimum atomic E-state index is -3.94. The van der Waals surface area contributed by atoms with Crippen molar-refractivity contribution >= 4 is 15.7 Å². The van der Waals surface area contributed by atoms with Gasteiger partial charge in [0, 0.05) is 25.1 Å². The van der Waals surface area contributed by atoms with E-state index in [1.54, 1.807) is 4.90 Å². The van der Waals surface area contributed by atoms with Gasteiger partial charge in [0.1, 0.15) is 11.6 Å². The quantitative estimate of drug-likeness (QED) is 0.680. The molecule has 0 bridgehead atoms. The van der Waals surface area contributed by atoms with Crippen LogP contribution in [0.25, 0.3) is 0 Å². The van der Waals surface area contributed by atoms with Crippen molar-refractivity contribution in [1.29, 1.82) is 0 Å². The maximum atomic E-state index is 13.6. The van der Waals surface area contributed by atoms with E-state index in [2.05, 4.69) is 5.16 Å². The van der Waals surface area contributed by atoms with Gasteiger partial charge in [0.2, 0.25) is 5.91 Å². The fourth-order valence-electron chi connectivity index (χ4n) is 4.79. The third kappa shape index (κ3) is 3.66. The minimum Gasteiger partial charge on any atom is -0.361 e. The van der Waals surface area contributed by atoms with Crippen LogP contribution >= 0.6 is 0 Å². The van der Waals surface area contributed by atoms with E-state index in [1.165, 1.54) is 12.1 Å². The summed E-state index contributed by atoms with van der Waals surface area (Å²) in [5.74, 6) is 0.207. The summed E-state index contributed by atoms with van der Waals surface area (Å²) in [5.41, 5.74) is 0.829. The molecule has 2 heterocycles. The maximum Gasteiger partial charge on any atom is 0.244 e. The Labute approximate surface area is 176 Å². The lowest BCUT2D eigenvalue weighted by Gasteiger charge is -2.41. The summed E-state index contributed by atoms with van der Waals surface area (Å²) in [6.45, 7) is 2.85. The molecule has 0 spiro atoms. The van der Waals surface area contributed by atoms with Gasteiger partial charge in [-0.05, 0) is 56.9 Å². The molecule has 30 heavy (non-hydrogen) atoms. The van der Waals surface area contributed by atoms with E-state index in [-0.39, 0.29) is 16.7 Å². The number of hydrogen-bond acceptors (Lipinski definition) is 5. The number of aryl methyl sites for hydroxylation is 1. The first-order chi connectivity index (χ1) is 14.3. The van der Waals surface area contributed by atoms with Gasteiger partial charge in [-0.25, -0.2) is 12.8 Å². The highest BCUT2D eigenvalue weighted by Gasteiger charge is 2.53. The average Bonchev–Trinajstić information content (AvgIpc) is 3.20. The summed E-state index contributed by atoms with van der Waals surface area (Å²) in [5, 5.41) is 3.94. The van der Waals surface area contributed by atoms with Crippen LogP contribution < -0.4 is 0 Å². The molecule has 2 aliphatic rings. The first-order valence-electron chi connectivity index (χ1n) is 10.6. The number of hydrogen-bond donors (Lipinski definition) is 0. The topological polar surface area (TPSA) is 80.5 Å². The Morgan fingerprint density at radius 2 is 1.77 bits per heavy atom. The number of rotatable bonds is 4. The summed E-state index contributed by atoms with van der Waals surface area (Å²) in [6, 6.07) is 6.74. The standard InChI is InChI=1S/C22H27FN2O4S/c1-16-15-20(29-24-16)17-9-13-25(14-10-17)21(26)22(11-3-2-4-12-22)30(27,28)19-7-5-18(23)6-8-19/h5-8,15,17H,2-4,9-14H2,1H3. The zero-order chi connectivity index (χ0) is 21.4. The summed E-state index contributed by atoms with van der Waals surface area (Å²) >= 11 is 0. The Balaban J connectivity index is 1.58. The van der Waals surface area contributed by atoms with Gasteiger partial charge in [-0.3, -0.25) is 4.79 Å². The predicted molar refractivity (Wildman–Crippen MR) is 109 cm³/mol. The summed E-state index contributed by atoms with van der Waals surface area (Å²) in [7, 11) is -3.94. The molecule has 2 aromatic rings. The van der Waals surface area contributed by atoms with Crippen molar-refractivity contribution in [2.75, 3.05) is 13.1 Å². The molecule has 1 aromatic carbocycles. The molecule has 1 aromatic heterocycles. The average molecular weight is 435 g/mol. The predicted octanol–water partition coefficient (Wildman–Crippen LogP) is 4.00. The molecule has 6 nitrogen and oxygen atoms in total.